The van der Waals surface area contributed by atoms with Gasteiger partial charge in [0.05, 0.1) is 20.9 Å². The van der Waals surface area contributed by atoms with E-state index in [1.54, 1.807) is 25.1 Å². The summed E-state index contributed by atoms with van der Waals surface area (Å²) in [6.45, 7) is -9.61. The average Bonchev–Trinajstić information content (AvgIpc) is 2.84. The first kappa shape index (κ1) is 12.5. The molecule has 0 aromatic heterocycles. The second-order valence-corrected chi connectivity index (χ2v) is 7.24. The number of carbonyl (C=O) groups is 1. The number of hydrogen-bond acceptors (Lipinski definition) is 4. The van der Waals surface area contributed by atoms with Gasteiger partial charge in [0, 0.05) is 12.3 Å². The van der Waals surface area contributed by atoms with E-state index in [0.29, 0.717) is 6.42 Å². The lowest BCUT2D eigenvalue weighted by molar-refractivity contribution is -0.141. The maximum Gasteiger partial charge on any atom is 0.256 e. The number of nitrogens with one attached hydrogen (secondary N) is 1. The first-order valence-electron chi connectivity index (χ1n) is 15.1. The van der Waals surface area contributed by atoms with Crippen LogP contribution in [0.1, 0.15) is 79.5 Å². The molecule has 0 saturated heterocycles. The predicted octanol–water partition coefficient (Wildman–Crippen LogP) is 4.34. The lowest BCUT2D eigenvalue weighted by atomic mass is 9.89. The fourth-order valence-electron chi connectivity index (χ4n) is 2.81. The summed E-state index contributed by atoms with van der Waals surface area (Å²) in [4.78, 5) is 13.3. The Labute approximate surface area is 195 Å². The lowest BCUT2D eigenvalue weighted by Gasteiger charge is -2.33. The molecule has 0 aliphatic carbocycles. The van der Waals surface area contributed by atoms with Crippen molar-refractivity contribution in [3.63, 3.8) is 0 Å². The largest absolute Gasteiger partial charge is 0.493 e. The van der Waals surface area contributed by atoms with Crippen molar-refractivity contribution in [2.75, 3.05) is 6.56 Å². The highest BCUT2D eigenvalue weighted by Crippen LogP contribution is 2.29. The SMILES string of the molecule is [2H]C([2H])([2H])[C@@H](CCC)C([2H])([2H])Oc1ccc([C@@H](NC(=O)[C@](C)(O)c2ccccc2)C(O)(C([2H])([2H])[2H])C([2H])([2H])[2H])cc1. The number of aliphatic hydroxyl groups is 2. The fraction of sp³-hybridized carbons (Fsp3) is 0.480. The molecule has 0 bridgehead atoms. The van der Waals surface area contributed by atoms with E-state index in [-0.39, 0.29) is 23.3 Å². The number of benzene rings is 2. The van der Waals surface area contributed by atoms with Crippen molar-refractivity contribution in [3.05, 3.63) is 65.7 Å². The van der Waals surface area contributed by atoms with Crippen molar-refractivity contribution in [2.24, 2.45) is 5.92 Å². The van der Waals surface area contributed by atoms with Gasteiger partial charge in [-0.3, -0.25) is 4.79 Å². The third-order valence-corrected chi connectivity index (χ3v) is 4.58. The second kappa shape index (κ2) is 10.1. The Morgan fingerprint density at radius 3 is 2.40 bits per heavy atom. The van der Waals surface area contributed by atoms with Crippen LogP contribution in [0.15, 0.2) is 54.6 Å². The summed E-state index contributed by atoms with van der Waals surface area (Å²) in [5.41, 5.74) is -5.89. The Bertz CT molecular complexity index is 1150. The molecule has 0 aliphatic rings. The zero-order valence-corrected chi connectivity index (χ0v) is 17.0. The molecule has 0 heterocycles. The minimum Gasteiger partial charge on any atom is -0.493 e. The molecule has 0 unspecified atom stereocenters. The summed E-state index contributed by atoms with van der Waals surface area (Å²) in [6.07, 6.45) is 0.378. The molecule has 0 fully saturated rings. The molecule has 2 aromatic carbocycles. The third kappa shape index (κ3) is 6.31. The van der Waals surface area contributed by atoms with Gasteiger partial charge in [-0.25, -0.2) is 0 Å². The Hall–Kier alpha value is -2.37. The fourth-order valence-corrected chi connectivity index (χ4v) is 2.81. The van der Waals surface area contributed by atoms with Crippen LogP contribution in [0.2, 0.25) is 0 Å². The number of rotatable bonds is 10. The minimum atomic E-state index is -3.56. The molecule has 2 aromatic rings. The Balaban J connectivity index is 2.57. The minimum absolute atomic E-state index is 0.00122. The molecular weight excluding hydrogens is 378 g/mol. The van der Waals surface area contributed by atoms with Crippen LogP contribution in [0.4, 0.5) is 0 Å². The highest BCUT2D eigenvalue weighted by molar-refractivity contribution is 5.86. The molecule has 164 valence electrons. The molecule has 0 saturated carbocycles. The smallest absolute Gasteiger partial charge is 0.256 e. The van der Waals surface area contributed by atoms with E-state index in [0.717, 1.165) is 31.2 Å². The van der Waals surface area contributed by atoms with E-state index in [1.807, 2.05) is 0 Å². The van der Waals surface area contributed by atoms with Crippen molar-refractivity contribution >= 4 is 5.91 Å². The summed E-state index contributed by atoms with van der Waals surface area (Å²) in [7, 11) is 0. The molecule has 3 N–H and O–H groups in total. The molecule has 2 rings (SSSR count). The van der Waals surface area contributed by atoms with Crippen LogP contribution in [-0.2, 0) is 10.4 Å². The number of carbonyl (C=O) groups excluding carboxylic acids is 1. The van der Waals surface area contributed by atoms with Gasteiger partial charge in [-0.15, -0.1) is 0 Å². The zero-order chi connectivity index (χ0) is 31.7. The van der Waals surface area contributed by atoms with Crippen LogP contribution >= 0.6 is 0 Å². The standard InChI is InChI=1S/C25H35NO4/c1-6-10-18(2)17-30-21-15-13-19(14-16-21)22(24(3,4)28)26-23(27)25(5,29)20-11-8-7-9-12-20/h7-9,11-16,18,22,28-29H,6,10,17H2,1-5H3,(H,26,27)/t18-,22+,25+/m0/s1/i2D3,3D3,4D3,17D2. The van der Waals surface area contributed by atoms with Crippen LogP contribution in [0.5, 0.6) is 5.75 Å². The van der Waals surface area contributed by atoms with E-state index in [4.69, 9.17) is 19.8 Å². The Kier molecular flexibility index (Phi) is 4.20. The van der Waals surface area contributed by atoms with Crippen LogP contribution in [0, 0.1) is 5.92 Å². The number of ether oxygens (including phenoxy) is 1. The van der Waals surface area contributed by atoms with Gasteiger partial charge in [-0.1, -0.05) is 62.7 Å². The summed E-state index contributed by atoms with van der Waals surface area (Å²) in [6, 6.07) is 9.95. The lowest BCUT2D eigenvalue weighted by Crippen LogP contribution is -2.49. The maximum atomic E-state index is 13.3. The highest BCUT2D eigenvalue weighted by atomic mass is 16.5. The summed E-state index contributed by atoms with van der Waals surface area (Å²) in [5.74, 6) is -2.84. The zero-order valence-electron chi connectivity index (χ0n) is 28.0. The molecule has 3 atom stereocenters. The van der Waals surface area contributed by atoms with Crippen molar-refractivity contribution in [1.29, 1.82) is 0 Å². The number of amides is 1. The van der Waals surface area contributed by atoms with E-state index in [9.17, 15) is 15.0 Å². The van der Waals surface area contributed by atoms with Gasteiger partial charge in [-0.05, 0) is 56.2 Å². The van der Waals surface area contributed by atoms with Gasteiger partial charge in [0.2, 0.25) is 0 Å². The number of hydrogen-bond donors (Lipinski definition) is 3. The Morgan fingerprint density at radius 2 is 1.83 bits per heavy atom. The van der Waals surface area contributed by atoms with E-state index in [1.165, 1.54) is 12.1 Å². The molecular formula is C25H35NO4. The summed E-state index contributed by atoms with van der Waals surface area (Å²) >= 11 is 0. The topological polar surface area (TPSA) is 78.8 Å². The van der Waals surface area contributed by atoms with Gasteiger partial charge in [0.1, 0.15) is 5.75 Å². The van der Waals surface area contributed by atoms with Gasteiger partial charge in [0.25, 0.3) is 5.91 Å². The second-order valence-electron chi connectivity index (χ2n) is 7.24. The third-order valence-electron chi connectivity index (χ3n) is 4.58. The Morgan fingerprint density at radius 1 is 1.17 bits per heavy atom. The quantitative estimate of drug-likeness (QED) is 0.530. The van der Waals surface area contributed by atoms with Crippen LogP contribution in [-0.4, -0.2) is 28.3 Å². The molecule has 5 nitrogen and oxygen atoms in total. The molecule has 5 heteroatoms. The van der Waals surface area contributed by atoms with Gasteiger partial charge < -0.3 is 20.3 Å². The van der Waals surface area contributed by atoms with Crippen molar-refractivity contribution in [3.8, 4) is 5.75 Å². The van der Waals surface area contributed by atoms with Crippen LogP contribution in [0.3, 0.4) is 0 Å². The molecule has 30 heavy (non-hydrogen) atoms. The van der Waals surface area contributed by atoms with Crippen LogP contribution < -0.4 is 10.1 Å². The van der Waals surface area contributed by atoms with Gasteiger partial charge >= 0.3 is 0 Å². The average molecular weight is 425 g/mol. The summed E-state index contributed by atoms with van der Waals surface area (Å²) < 4.78 is 92.1. The predicted molar refractivity (Wildman–Crippen MR) is 119 cm³/mol. The van der Waals surface area contributed by atoms with E-state index in [2.05, 4.69) is 5.32 Å². The van der Waals surface area contributed by atoms with Crippen LogP contribution in [0.25, 0.3) is 0 Å². The van der Waals surface area contributed by atoms with Gasteiger partial charge in [0.15, 0.2) is 5.60 Å². The van der Waals surface area contributed by atoms with Crippen molar-refractivity contribution in [2.45, 2.75) is 64.5 Å². The first-order valence-corrected chi connectivity index (χ1v) is 9.60. The summed E-state index contributed by atoms with van der Waals surface area (Å²) in [5, 5.41) is 24.5. The molecule has 0 radical (unpaired) electrons. The first-order chi connectivity index (χ1) is 18.5. The van der Waals surface area contributed by atoms with Crippen molar-refractivity contribution < 1.29 is 34.8 Å². The van der Waals surface area contributed by atoms with E-state index < -0.39 is 56.2 Å². The molecule has 0 spiro atoms. The monoisotopic (exact) mass is 424 g/mol. The van der Waals surface area contributed by atoms with Crippen molar-refractivity contribution in [1.82, 2.24) is 5.32 Å². The molecule has 1 amide bonds. The molecule has 0 aliphatic heterocycles. The highest BCUT2D eigenvalue weighted by Gasteiger charge is 2.37. The maximum absolute atomic E-state index is 13.3. The van der Waals surface area contributed by atoms with Gasteiger partial charge in [-0.2, -0.15) is 0 Å². The van der Waals surface area contributed by atoms with E-state index >= 15 is 0 Å². The normalized spacial score (nSPS) is 22.9.